The molecular weight excluding hydrogens is 411 g/mol. The van der Waals surface area contributed by atoms with E-state index in [4.69, 9.17) is 10.5 Å². The van der Waals surface area contributed by atoms with E-state index >= 15 is 0 Å². The van der Waals surface area contributed by atoms with Crippen LogP contribution in [0.4, 0.5) is 4.39 Å². The number of amides is 2. The predicted octanol–water partition coefficient (Wildman–Crippen LogP) is 3.29. The van der Waals surface area contributed by atoms with E-state index in [1.165, 1.54) is 17.0 Å². The van der Waals surface area contributed by atoms with Crippen LogP contribution in [0.15, 0.2) is 23.2 Å². The fraction of sp³-hybridized carbons (Fsp3) is 0.625. The minimum absolute atomic E-state index is 0.0251. The van der Waals surface area contributed by atoms with Gasteiger partial charge >= 0.3 is 0 Å². The minimum atomic E-state index is -0.470. The molecule has 0 bridgehead atoms. The van der Waals surface area contributed by atoms with Crippen molar-refractivity contribution in [2.24, 2.45) is 22.6 Å². The highest BCUT2D eigenvalue weighted by molar-refractivity contribution is 5.99. The molecule has 1 aromatic carbocycles. The maximum absolute atomic E-state index is 13.8. The Morgan fingerprint density at radius 1 is 1.34 bits per heavy atom. The van der Waals surface area contributed by atoms with Crippen LogP contribution in [0.25, 0.3) is 0 Å². The van der Waals surface area contributed by atoms with E-state index in [9.17, 15) is 14.0 Å². The van der Waals surface area contributed by atoms with Crippen molar-refractivity contribution in [2.45, 2.75) is 77.0 Å². The number of hydrogen-bond acceptors (Lipinski definition) is 5. The highest BCUT2D eigenvalue weighted by Gasteiger charge is 2.48. The Labute approximate surface area is 188 Å². The Balaban J connectivity index is 1.41. The van der Waals surface area contributed by atoms with Crippen LogP contribution in [0.3, 0.4) is 0 Å². The molecule has 3 atom stereocenters. The molecule has 0 aromatic heterocycles. The first-order chi connectivity index (χ1) is 15.1. The van der Waals surface area contributed by atoms with E-state index in [1.807, 2.05) is 27.7 Å². The van der Waals surface area contributed by atoms with E-state index < -0.39 is 11.1 Å². The van der Waals surface area contributed by atoms with E-state index in [2.05, 4.69) is 10.3 Å². The molecule has 2 amide bonds. The summed E-state index contributed by atoms with van der Waals surface area (Å²) in [5, 5.41) is 3.09. The second-order valence-electron chi connectivity index (χ2n) is 9.99. The third-order valence-electron chi connectivity index (χ3n) is 7.15. The molecule has 32 heavy (non-hydrogen) atoms. The van der Waals surface area contributed by atoms with Crippen molar-refractivity contribution in [3.8, 4) is 5.75 Å². The van der Waals surface area contributed by atoms with Crippen molar-refractivity contribution in [3.63, 3.8) is 0 Å². The number of nitrogens with one attached hydrogen (secondary N) is 1. The second kappa shape index (κ2) is 8.05. The number of hydrogen-bond donors (Lipinski definition) is 2. The largest absolute Gasteiger partial charge is 0.487 e. The Morgan fingerprint density at radius 2 is 2.06 bits per heavy atom. The van der Waals surface area contributed by atoms with Crippen molar-refractivity contribution in [1.29, 1.82) is 0 Å². The molecule has 3 aliphatic rings. The fourth-order valence-electron chi connectivity index (χ4n) is 4.94. The van der Waals surface area contributed by atoms with Crippen LogP contribution >= 0.6 is 0 Å². The van der Waals surface area contributed by atoms with Gasteiger partial charge in [0.15, 0.2) is 5.96 Å². The van der Waals surface area contributed by atoms with Gasteiger partial charge in [-0.3, -0.25) is 14.5 Å². The van der Waals surface area contributed by atoms with Crippen molar-refractivity contribution in [1.82, 2.24) is 10.2 Å². The van der Waals surface area contributed by atoms with Gasteiger partial charge in [-0.2, -0.15) is 0 Å². The number of carbonyl (C=O) groups excluding carboxylic acids is 2. The van der Waals surface area contributed by atoms with Gasteiger partial charge in [0.25, 0.3) is 0 Å². The maximum atomic E-state index is 13.8. The normalized spacial score (nSPS) is 27.8. The molecule has 3 N–H and O–H groups in total. The van der Waals surface area contributed by atoms with Crippen molar-refractivity contribution < 1.29 is 18.7 Å². The number of ether oxygens (including phenoxy) is 1. The van der Waals surface area contributed by atoms with Crippen molar-refractivity contribution in [2.75, 3.05) is 6.54 Å². The lowest BCUT2D eigenvalue weighted by atomic mass is 9.88. The van der Waals surface area contributed by atoms with Gasteiger partial charge in [0.1, 0.15) is 17.2 Å². The monoisotopic (exact) mass is 444 g/mol. The summed E-state index contributed by atoms with van der Waals surface area (Å²) in [7, 11) is 0. The van der Waals surface area contributed by atoms with Crippen LogP contribution in [-0.2, 0) is 9.59 Å². The van der Waals surface area contributed by atoms with Crippen molar-refractivity contribution in [3.05, 3.63) is 29.6 Å². The zero-order valence-electron chi connectivity index (χ0n) is 19.3. The maximum Gasteiger partial charge on any atom is 0.231 e. The van der Waals surface area contributed by atoms with Crippen LogP contribution in [0.1, 0.15) is 71.4 Å². The summed E-state index contributed by atoms with van der Waals surface area (Å²) in [5.41, 5.74) is 5.93. The quantitative estimate of drug-likeness (QED) is 0.704. The number of aliphatic imine (C=N–C) groups is 1. The van der Waals surface area contributed by atoms with E-state index in [0.29, 0.717) is 37.1 Å². The van der Waals surface area contributed by atoms with Gasteiger partial charge in [0, 0.05) is 24.4 Å². The van der Waals surface area contributed by atoms with Crippen LogP contribution in [0, 0.1) is 17.7 Å². The summed E-state index contributed by atoms with van der Waals surface area (Å²) in [4.78, 5) is 31.9. The molecule has 1 aromatic rings. The van der Waals surface area contributed by atoms with Crippen LogP contribution in [0.2, 0.25) is 0 Å². The van der Waals surface area contributed by atoms with Crippen molar-refractivity contribution >= 4 is 17.8 Å². The predicted molar refractivity (Wildman–Crippen MR) is 119 cm³/mol. The molecule has 2 heterocycles. The smallest absolute Gasteiger partial charge is 0.231 e. The first-order valence-corrected chi connectivity index (χ1v) is 11.5. The summed E-state index contributed by atoms with van der Waals surface area (Å²) in [6.45, 7) is 8.35. The Bertz CT molecular complexity index is 957. The molecular formula is C24H33FN4O3. The number of nitrogens with zero attached hydrogens (tertiary/aromatic N) is 2. The number of guanidine groups is 1. The van der Waals surface area contributed by atoms with Gasteiger partial charge in [0.2, 0.25) is 11.8 Å². The fourth-order valence-corrected chi connectivity index (χ4v) is 4.94. The standard InChI is InChI=1S/C24H33FN4O3/c1-5-24(6-2)12-20(30)29(22(26)28-24)13-14-9-16(14)21(31)27-18-11-23(3,4)32-19-8-7-15(25)10-17(18)19/h7-8,10,14,16,18H,5-6,9,11-13H2,1-4H3,(H2,26,28)(H,27,31). The molecule has 1 aliphatic carbocycles. The lowest BCUT2D eigenvalue weighted by Gasteiger charge is -2.38. The summed E-state index contributed by atoms with van der Waals surface area (Å²) >= 11 is 0. The van der Waals surface area contributed by atoms with Crippen LogP contribution in [-0.4, -0.2) is 40.4 Å². The van der Waals surface area contributed by atoms with Crippen LogP contribution in [0.5, 0.6) is 5.75 Å². The Hall–Kier alpha value is -2.64. The number of nitrogens with two attached hydrogens (primary N) is 1. The lowest BCUT2D eigenvalue weighted by Crippen LogP contribution is -2.52. The lowest BCUT2D eigenvalue weighted by molar-refractivity contribution is -0.130. The SMILES string of the molecule is CCC1(CC)CC(=O)N(CC2CC2C(=O)NC2CC(C)(C)Oc3ccc(F)cc32)C(N)=N1. The highest BCUT2D eigenvalue weighted by atomic mass is 19.1. The van der Waals surface area contributed by atoms with Crippen LogP contribution < -0.4 is 15.8 Å². The molecule has 2 aliphatic heterocycles. The first-order valence-electron chi connectivity index (χ1n) is 11.5. The molecule has 0 radical (unpaired) electrons. The molecule has 3 unspecified atom stereocenters. The number of rotatable bonds is 6. The summed E-state index contributed by atoms with van der Waals surface area (Å²) in [6.07, 6.45) is 3.12. The summed E-state index contributed by atoms with van der Waals surface area (Å²) < 4.78 is 19.8. The second-order valence-corrected chi connectivity index (χ2v) is 9.99. The number of benzene rings is 1. The number of carbonyl (C=O) groups is 2. The molecule has 8 heteroatoms. The molecule has 4 rings (SSSR count). The number of halogens is 1. The average molecular weight is 445 g/mol. The summed E-state index contributed by atoms with van der Waals surface area (Å²) in [6, 6.07) is 4.08. The molecule has 1 saturated carbocycles. The number of fused-ring (bicyclic) bond motifs is 1. The third-order valence-corrected chi connectivity index (χ3v) is 7.15. The summed E-state index contributed by atoms with van der Waals surface area (Å²) in [5.74, 6) is 0.243. The average Bonchev–Trinajstić information content (AvgIpc) is 3.50. The molecule has 7 nitrogen and oxygen atoms in total. The van der Waals surface area contributed by atoms with E-state index in [1.54, 1.807) is 6.07 Å². The van der Waals surface area contributed by atoms with Gasteiger partial charge in [-0.1, -0.05) is 13.8 Å². The zero-order valence-corrected chi connectivity index (χ0v) is 19.3. The molecule has 0 spiro atoms. The topological polar surface area (TPSA) is 97.0 Å². The third kappa shape index (κ3) is 4.32. The van der Waals surface area contributed by atoms with Gasteiger partial charge in [0.05, 0.1) is 18.0 Å². The van der Waals surface area contributed by atoms with Gasteiger partial charge in [-0.15, -0.1) is 0 Å². The van der Waals surface area contributed by atoms with Gasteiger partial charge in [-0.25, -0.2) is 9.38 Å². The van der Waals surface area contributed by atoms with E-state index in [0.717, 1.165) is 12.8 Å². The highest BCUT2D eigenvalue weighted by Crippen LogP contribution is 2.43. The molecule has 174 valence electrons. The first kappa shape index (κ1) is 22.6. The van der Waals surface area contributed by atoms with Gasteiger partial charge in [-0.05, 0) is 57.2 Å². The molecule has 1 fully saturated rings. The Kier molecular flexibility index (Phi) is 5.67. The minimum Gasteiger partial charge on any atom is -0.487 e. The van der Waals surface area contributed by atoms with E-state index in [-0.39, 0.29) is 41.5 Å². The Morgan fingerprint density at radius 3 is 2.72 bits per heavy atom. The zero-order chi connectivity index (χ0) is 23.3. The van der Waals surface area contributed by atoms with Gasteiger partial charge < -0.3 is 15.8 Å². The molecule has 0 saturated heterocycles.